The summed E-state index contributed by atoms with van der Waals surface area (Å²) in [6.07, 6.45) is 5.70. The number of amides is 1. The Bertz CT molecular complexity index is 539. The lowest BCUT2D eigenvalue weighted by atomic mass is 10.1. The third-order valence-corrected chi connectivity index (χ3v) is 2.65. The average Bonchev–Trinajstić information content (AvgIpc) is 2.48. The Morgan fingerprint density at radius 2 is 2.14 bits per heavy atom. The summed E-state index contributed by atoms with van der Waals surface area (Å²) in [5.41, 5.74) is 1.51. The maximum absolute atomic E-state index is 11.4. The van der Waals surface area contributed by atoms with Crippen molar-refractivity contribution in [1.29, 1.82) is 0 Å². The monoisotopic (exact) mass is 291 g/mol. The molecule has 0 atom stereocenters. The molecule has 0 aliphatic rings. The summed E-state index contributed by atoms with van der Waals surface area (Å²) in [5, 5.41) is 2.55. The second-order valence-corrected chi connectivity index (χ2v) is 4.12. The van der Waals surface area contributed by atoms with Crippen LogP contribution in [0.5, 0.6) is 0 Å². The molecule has 0 bridgehead atoms. The molecule has 0 aliphatic heterocycles. The van der Waals surface area contributed by atoms with E-state index in [4.69, 9.17) is 9.47 Å². The van der Waals surface area contributed by atoms with E-state index in [1.165, 1.54) is 6.33 Å². The van der Waals surface area contributed by atoms with Crippen LogP contribution in [0.2, 0.25) is 0 Å². The summed E-state index contributed by atoms with van der Waals surface area (Å²) >= 11 is 0. The van der Waals surface area contributed by atoms with Crippen LogP contribution in [0.15, 0.2) is 30.3 Å². The number of aromatic nitrogens is 2. The second kappa shape index (κ2) is 8.73. The van der Waals surface area contributed by atoms with Gasteiger partial charge in [-0.15, -0.1) is 0 Å². The molecule has 1 N–H and O–H groups in total. The Balaban J connectivity index is 3.06. The number of allylic oxidation sites excluding steroid dienone is 4. The van der Waals surface area contributed by atoms with Crippen molar-refractivity contribution in [2.24, 2.45) is 0 Å². The minimum Gasteiger partial charge on any atom is -0.501 e. The van der Waals surface area contributed by atoms with Crippen molar-refractivity contribution in [2.75, 3.05) is 19.0 Å². The van der Waals surface area contributed by atoms with E-state index >= 15 is 0 Å². The first kappa shape index (κ1) is 16.7. The third kappa shape index (κ3) is 5.25. The van der Waals surface area contributed by atoms with Gasteiger partial charge < -0.3 is 9.47 Å². The molecule has 0 saturated heterocycles. The fourth-order valence-corrected chi connectivity index (χ4v) is 1.57. The number of carbonyl (C=O) groups excluding carboxylic acids is 1. The summed E-state index contributed by atoms with van der Waals surface area (Å²) in [4.78, 5) is 19.6. The number of nitrogens with zero attached hydrogens (tertiary/aromatic N) is 2. The molecule has 1 rings (SSSR count). The molecule has 1 heterocycles. The minimum atomic E-state index is -0.541. The fourth-order valence-electron chi connectivity index (χ4n) is 1.57. The predicted octanol–water partition coefficient (Wildman–Crippen LogP) is 3.39. The Kier molecular flexibility index (Phi) is 6.94. The SMILES string of the molecule is CC/C=C\C(=C(/C)OC)c1cc(NC(=O)OCC)ncn1. The molecular weight excluding hydrogens is 270 g/mol. The molecule has 0 fully saturated rings. The number of anilines is 1. The highest BCUT2D eigenvalue weighted by molar-refractivity contribution is 5.84. The lowest BCUT2D eigenvalue weighted by Crippen LogP contribution is -2.14. The first-order valence-corrected chi connectivity index (χ1v) is 6.79. The highest BCUT2D eigenvalue weighted by atomic mass is 16.5. The van der Waals surface area contributed by atoms with E-state index in [1.54, 1.807) is 20.1 Å². The van der Waals surface area contributed by atoms with Gasteiger partial charge in [-0.05, 0) is 20.3 Å². The molecule has 6 heteroatoms. The number of hydrogen-bond acceptors (Lipinski definition) is 5. The highest BCUT2D eigenvalue weighted by Gasteiger charge is 2.09. The van der Waals surface area contributed by atoms with E-state index in [2.05, 4.69) is 15.3 Å². The van der Waals surface area contributed by atoms with Crippen molar-refractivity contribution in [3.8, 4) is 0 Å². The van der Waals surface area contributed by atoms with E-state index in [0.717, 1.165) is 17.8 Å². The quantitative estimate of drug-likeness (QED) is 0.642. The van der Waals surface area contributed by atoms with Crippen LogP contribution in [0.3, 0.4) is 0 Å². The van der Waals surface area contributed by atoms with Crippen LogP contribution in [0, 0.1) is 0 Å². The van der Waals surface area contributed by atoms with Crippen LogP contribution in [0.25, 0.3) is 5.57 Å². The van der Waals surface area contributed by atoms with E-state index in [0.29, 0.717) is 18.1 Å². The number of ether oxygens (including phenoxy) is 2. The first-order chi connectivity index (χ1) is 10.1. The van der Waals surface area contributed by atoms with Crippen molar-refractivity contribution >= 4 is 17.5 Å². The third-order valence-electron chi connectivity index (χ3n) is 2.65. The fraction of sp³-hybridized carbons (Fsp3) is 0.400. The van der Waals surface area contributed by atoms with Gasteiger partial charge in [-0.3, -0.25) is 5.32 Å². The molecule has 1 aromatic rings. The van der Waals surface area contributed by atoms with Crippen LogP contribution in [-0.4, -0.2) is 29.8 Å². The molecule has 0 unspecified atom stereocenters. The molecular formula is C15H21N3O3. The van der Waals surface area contributed by atoms with Gasteiger partial charge in [-0.2, -0.15) is 0 Å². The predicted molar refractivity (Wildman–Crippen MR) is 81.7 cm³/mol. The number of nitrogens with one attached hydrogen (secondary N) is 1. The maximum Gasteiger partial charge on any atom is 0.412 e. The number of rotatable bonds is 6. The largest absolute Gasteiger partial charge is 0.501 e. The van der Waals surface area contributed by atoms with Gasteiger partial charge in [0.05, 0.1) is 19.4 Å². The lowest BCUT2D eigenvalue weighted by Gasteiger charge is -2.09. The van der Waals surface area contributed by atoms with Gasteiger partial charge in [0.15, 0.2) is 0 Å². The normalized spacial score (nSPS) is 12.0. The van der Waals surface area contributed by atoms with Crippen molar-refractivity contribution in [1.82, 2.24) is 9.97 Å². The standard InChI is InChI=1S/C15H21N3O3/c1-5-7-8-12(11(3)20-4)13-9-14(17-10-16-13)18-15(19)21-6-2/h7-10H,5-6H2,1-4H3,(H,16,17,18,19)/b8-7-,12-11-. The number of hydrogen-bond donors (Lipinski definition) is 1. The van der Waals surface area contributed by atoms with Crippen molar-refractivity contribution in [3.05, 3.63) is 36.0 Å². The molecule has 0 radical (unpaired) electrons. The van der Waals surface area contributed by atoms with Gasteiger partial charge in [0.2, 0.25) is 0 Å². The van der Waals surface area contributed by atoms with E-state index in [-0.39, 0.29) is 0 Å². The zero-order valence-electron chi connectivity index (χ0n) is 12.8. The summed E-state index contributed by atoms with van der Waals surface area (Å²) in [6, 6.07) is 1.68. The van der Waals surface area contributed by atoms with E-state index in [9.17, 15) is 4.79 Å². The van der Waals surface area contributed by atoms with Crippen LogP contribution in [0.1, 0.15) is 32.9 Å². The Morgan fingerprint density at radius 3 is 2.76 bits per heavy atom. The zero-order chi connectivity index (χ0) is 15.7. The smallest absolute Gasteiger partial charge is 0.412 e. The van der Waals surface area contributed by atoms with Gasteiger partial charge in [0.1, 0.15) is 17.9 Å². The summed E-state index contributed by atoms with van der Waals surface area (Å²) in [7, 11) is 1.61. The van der Waals surface area contributed by atoms with E-state index < -0.39 is 6.09 Å². The minimum absolute atomic E-state index is 0.303. The molecule has 0 spiro atoms. The van der Waals surface area contributed by atoms with Crippen LogP contribution in [-0.2, 0) is 9.47 Å². The Labute approximate surface area is 124 Å². The van der Waals surface area contributed by atoms with Crippen molar-refractivity contribution in [2.45, 2.75) is 27.2 Å². The van der Waals surface area contributed by atoms with Crippen LogP contribution < -0.4 is 5.32 Å². The van der Waals surface area contributed by atoms with Gasteiger partial charge in [-0.25, -0.2) is 14.8 Å². The highest BCUT2D eigenvalue weighted by Crippen LogP contribution is 2.20. The van der Waals surface area contributed by atoms with Crippen LogP contribution in [0.4, 0.5) is 10.6 Å². The zero-order valence-corrected chi connectivity index (χ0v) is 12.8. The maximum atomic E-state index is 11.4. The van der Waals surface area contributed by atoms with Gasteiger partial charge >= 0.3 is 6.09 Å². The summed E-state index contributed by atoms with van der Waals surface area (Å²) in [5.74, 6) is 1.12. The molecule has 0 aliphatic carbocycles. The molecule has 114 valence electrons. The first-order valence-electron chi connectivity index (χ1n) is 6.79. The van der Waals surface area contributed by atoms with Gasteiger partial charge in [0, 0.05) is 11.6 Å². The lowest BCUT2D eigenvalue weighted by molar-refractivity contribution is 0.168. The Hall–Kier alpha value is -2.37. The summed E-state index contributed by atoms with van der Waals surface area (Å²) in [6.45, 7) is 5.94. The number of carbonyl (C=O) groups is 1. The van der Waals surface area contributed by atoms with Crippen molar-refractivity contribution in [3.63, 3.8) is 0 Å². The molecule has 1 amide bonds. The topological polar surface area (TPSA) is 73.3 Å². The molecule has 1 aromatic heterocycles. The number of methoxy groups -OCH3 is 1. The summed E-state index contributed by atoms with van der Waals surface area (Å²) < 4.78 is 10.1. The second-order valence-electron chi connectivity index (χ2n) is 4.12. The van der Waals surface area contributed by atoms with Gasteiger partial charge in [-0.1, -0.05) is 19.1 Å². The van der Waals surface area contributed by atoms with E-state index in [1.807, 2.05) is 26.0 Å². The Morgan fingerprint density at radius 1 is 1.38 bits per heavy atom. The molecule has 21 heavy (non-hydrogen) atoms. The molecule has 6 nitrogen and oxygen atoms in total. The van der Waals surface area contributed by atoms with Crippen LogP contribution >= 0.6 is 0 Å². The average molecular weight is 291 g/mol. The molecule has 0 saturated carbocycles. The van der Waals surface area contributed by atoms with Gasteiger partial charge in [0.25, 0.3) is 0 Å². The molecule has 0 aromatic carbocycles. The van der Waals surface area contributed by atoms with Crippen molar-refractivity contribution < 1.29 is 14.3 Å².